The fourth-order valence-corrected chi connectivity index (χ4v) is 2.33. The van der Waals surface area contributed by atoms with Crippen molar-refractivity contribution in [3.8, 4) is 0 Å². The van der Waals surface area contributed by atoms with Crippen LogP contribution in [0.4, 0.5) is 4.79 Å². The van der Waals surface area contributed by atoms with Crippen LogP contribution in [0.1, 0.15) is 32.6 Å². The highest BCUT2D eigenvalue weighted by Crippen LogP contribution is 2.29. The predicted molar refractivity (Wildman–Crippen MR) is 77.7 cm³/mol. The first kappa shape index (κ1) is 16.8. The topological polar surface area (TPSA) is 72.9 Å². The second kappa shape index (κ2) is 7.47. The van der Waals surface area contributed by atoms with Gasteiger partial charge in [0.2, 0.25) is 0 Å². The summed E-state index contributed by atoms with van der Waals surface area (Å²) in [6.07, 6.45) is 2.77. The number of rotatable bonds is 6. The second-order valence-electron chi connectivity index (χ2n) is 6.19. The van der Waals surface area contributed by atoms with Crippen molar-refractivity contribution in [2.45, 2.75) is 32.6 Å². The van der Waals surface area contributed by atoms with E-state index in [1.807, 2.05) is 0 Å². The Labute approximate surface area is 121 Å². The van der Waals surface area contributed by atoms with Gasteiger partial charge in [0, 0.05) is 26.6 Å². The number of carboxylic acids is 1. The SMILES string of the molecule is CN1CCC(C)(CNC(=O)N(C)CCCC(=O)O)CC1. The van der Waals surface area contributed by atoms with Crippen molar-refractivity contribution in [3.63, 3.8) is 0 Å². The molecule has 20 heavy (non-hydrogen) atoms. The summed E-state index contributed by atoms with van der Waals surface area (Å²) in [7, 11) is 3.82. The third-order valence-electron chi connectivity index (χ3n) is 4.09. The summed E-state index contributed by atoms with van der Waals surface area (Å²) in [5.41, 5.74) is 0.171. The number of hydrogen-bond acceptors (Lipinski definition) is 3. The molecule has 1 aliphatic heterocycles. The first-order valence-electron chi connectivity index (χ1n) is 7.22. The van der Waals surface area contributed by atoms with E-state index in [1.54, 1.807) is 11.9 Å². The zero-order valence-corrected chi connectivity index (χ0v) is 12.8. The summed E-state index contributed by atoms with van der Waals surface area (Å²) in [5.74, 6) is -0.822. The van der Waals surface area contributed by atoms with Gasteiger partial charge in [-0.05, 0) is 44.8 Å². The number of piperidine rings is 1. The van der Waals surface area contributed by atoms with Crippen LogP contribution in [0.2, 0.25) is 0 Å². The van der Waals surface area contributed by atoms with E-state index in [-0.39, 0.29) is 17.9 Å². The molecule has 1 fully saturated rings. The van der Waals surface area contributed by atoms with Gasteiger partial charge in [0.15, 0.2) is 0 Å². The van der Waals surface area contributed by atoms with Crippen LogP contribution in [-0.4, -0.2) is 67.2 Å². The van der Waals surface area contributed by atoms with E-state index >= 15 is 0 Å². The highest BCUT2D eigenvalue weighted by Gasteiger charge is 2.29. The molecular formula is C14H27N3O3. The van der Waals surface area contributed by atoms with E-state index in [1.165, 1.54) is 0 Å². The fraction of sp³-hybridized carbons (Fsp3) is 0.857. The monoisotopic (exact) mass is 285 g/mol. The lowest BCUT2D eigenvalue weighted by Gasteiger charge is -2.38. The van der Waals surface area contributed by atoms with Crippen molar-refractivity contribution in [2.24, 2.45) is 5.41 Å². The van der Waals surface area contributed by atoms with Crippen LogP contribution < -0.4 is 5.32 Å². The standard InChI is InChI=1S/C14H27N3O3/c1-14(6-9-16(2)10-7-14)11-15-13(20)17(3)8-4-5-12(18)19/h4-11H2,1-3H3,(H,15,20)(H,18,19). The number of carbonyl (C=O) groups is 2. The number of aliphatic carboxylic acids is 1. The summed E-state index contributed by atoms with van der Waals surface area (Å²) in [6.45, 7) is 5.51. The molecule has 116 valence electrons. The summed E-state index contributed by atoms with van der Waals surface area (Å²) in [4.78, 5) is 26.2. The number of carboxylic acid groups (broad SMARTS) is 1. The van der Waals surface area contributed by atoms with Gasteiger partial charge in [0.1, 0.15) is 0 Å². The van der Waals surface area contributed by atoms with Gasteiger partial charge in [0.05, 0.1) is 0 Å². The number of nitrogens with zero attached hydrogens (tertiary/aromatic N) is 2. The number of urea groups is 1. The predicted octanol–water partition coefficient (Wildman–Crippen LogP) is 1.22. The minimum Gasteiger partial charge on any atom is -0.481 e. The van der Waals surface area contributed by atoms with E-state index in [9.17, 15) is 9.59 Å². The fourth-order valence-electron chi connectivity index (χ4n) is 2.33. The first-order chi connectivity index (χ1) is 9.32. The largest absolute Gasteiger partial charge is 0.481 e. The molecule has 0 bridgehead atoms. The summed E-state index contributed by atoms with van der Waals surface area (Å²) in [6, 6.07) is -0.115. The molecule has 0 aromatic rings. The van der Waals surface area contributed by atoms with Crippen LogP contribution in [-0.2, 0) is 4.79 Å². The molecule has 6 nitrogen and oxygen atoms in total. The smallest absolute Gasteiger partial charge is 0.317 e. The maximum absolute atomic E-state index is 11.9. The van der Waals surface area contributed by atoms with Crippen LogP contribution in [0.25, 0.3) is 0 Å². The number of nitrogens with one attached hydrogen (secondary N) is 1. The highest BCUT2D eigenvalue weighted by atomic mass is 16.4. The van der Waals surface area contributed by atoms with Crippen molar-refractivity contribution < 1.29 is 14.7 Å². The molecule has 0 aromatic carbocycles. The maximum Gasteiger partial charge on any atom is 0.317 e. The Hall–Kier alpha value is -1.30. The quantitative estimate of drug-likeness (QED) is 0.770. The molecule has 6 heteroatoms. The normalized spacial score (nSPS) is 18.6. The van der Waals surface area contributed by atoms with Gasteiger partial charge in [-0.3, -0.25) is 4.79 Å². The lowest BCUT2D eigenvalue weighted by atomic mass is 9.80. The Morgan fingerprint density at radius 2 is 1.95 bits per heavy atom. The average molecular weight is 285 g/mol. The van der Waals surface area contributed by atoms with Gasteiger partial charge < -0.3 is 20.2 Å². The van der Waals surface area contributed by atoms with Crippen LogP contribution in [0.15, 0.2) is 0 Å². The van der Waals surface area contributed by atoms with E-state index in [0.29, 0.717) is 19.5 Å². The van der Waals surface area contributed by atoms with Crippen molar-refractivity contribution in [2.75, 3.05) is 40.3 Å². The average Bonchev–Trinajstić information content (AvgIpc) is 2.39. The molecule has 0 saturated carbocycles. The number of amides is 2. The van der Waals surface area contributed by atoms with E-state index in [4.69, 9.17) is 5.11 Å². The van der Waals surface area contributed by atoms with Crippen molar-refractivity contribution >= 4 is 12.0 Å². The molecular weight excluding hydrogens is 258 g/mol. The second-order valence-corrected chi connectivity index (χ2v) is 6.19. The van der Waals surface area contributed by atoms with Crippen molar-refractivity contribution in [1.82, 2.24) is 15.1 Å². The molecule has 1 rings (SSSR count). The molecule has 0 unspecified atom stereocenters. The van der Waals surface area contributed by atoms with Gasteiger partial charge in [-0.15, -0.1) is 0 Å². The van der Waals surface area contributed by atoms with Gasteiger partial charge in [-0.25, -0.2) is 4.79 Å². The summed E-state index contributed by atoms with van der Waals surface area (Å²) < 4.78 is 0. The zero-order chi connectivity index (χ0) is 15.2. The van der Waals surface area contributed by atoms with Gasteiger partial charge in [-0.2, -0.15) is 0 Å². The molecule has 0 aromatic heterocycles. The van der Waals surface area contributed by atoms with E-state index in [2.05, 4.69) is 24.2 Å². The lowest BCUT2D eigenvalue weighted by Crippen LogP contribution is -2.46. The Kier molecular flexibility index (Phi) is 6.26. The molecule has 1 aliphatic rings. The Morgan fingerprint density at radius 1 is 1.35 bits per heavy atom. The van der Waals surface area contributed by atoms with Crippen LogP contribution in [0.5, 0.6) is 0 Å². The minimum atomic E-state index is -0.822. The van der Waals surface area contributed by atoms with Crippen molar-refractivity contribution in [1.29, 1.82) is 0 Å². The number of hydrogen-bond donors (Lipinski definition) is 2. The van der Waals surface area contributed by atoms with E-state index in [0.717, 1.165) is 25.9 Å². The molecule has 0 aliphatic carbocycles. The molecule has 2 amide bonds. The van der Waals surface area contributed by atoms with Crippen LogP contribution in [0, 0.1) is 5.41 Å². The Morgan fingerprint density at radius 3 is 2.50 bits per heavy atom. The third kappa shape index (κ3) is 5.77. The molecule has 0 atom stereocenters. The minimum absolute atomic E-state index is 0.0989. The van der Waals surface area contributed by atoms with Gasteiger partial charge in [0.25, 0.3) is 0 Å². The zero-order valence-electron chi connectivity index (χ0n) is 12.8. The molecule has 1 heterocycles. The number of carbonyl (C=O) groups excluding carboxylic acids is 1. The number of likely N-dealkylation sites (tertiary alicyclic amines) is 1. The third-order valence-corrected chi connectivity index (χ3v) is 4.09. The Bertz CT molecular complexity index is 339. The summed E-state index contributed by atoms with van der Waals surface area (Å²) in [5, 5.41) is 11.5. The molecule has 0 radical (unpaired) electrons. The summed E-state index contributed by atoms with van der Waals surface area (Å²) >= 11 is 0. The molecule has 1 saturated heterocycles. The lowest BCUT2D eigenvalue weighted by molar-refractivity contribution is -0.137. The van der Waals surface area contributed by atoms with Crippen molar-refractivity contribution in [3.05, 3.63) is 0 Å². The van der Waals surface area contributed by atoms with Gasteiger partial charge >= 0.3 is 12.0 Å². The van der Waals surface area contributed by atoms with Crippen LogP contribution >= 0.6 is 0 Å². The van der Waals surface area contributed by atoms with Gasteiger partial charge in [-0.1, -0.05) is 6.92 Å². The van der Waals surface area contributed by atoms with E-state index < -0.39 is 5.97 Å². The Balaban J connectivity index is 2.26. The molecule has 2 N–H and O–H groups in total. The van der Waals surface area contributed by atoms with Crippen LogP contribution in [0.3, 0.4) is 0 Å². The highest BCUT2D eigenvalue weighted by molar-refractivity contribution is 5.74. The first-order valence-corrected chi connectivity index (χ1v) is 7.22. The molecule has 0 spiro atoms. The maximum atomic E-state index is 11.9.